The van der Waals surface area contributed by atoms with Crippen molar-refractivity contribution >= 4 is 23.6 Å². The van der Waals surface area contributed by atoms with E-state index in [0.717, 1.165) is 17.9 Å². The van der Waals surface area contributed by atoms with Gasteiger partial charge in [-0.3, -0.25) is 4.79 Å². The van der Waals surface area contributed by atoms with Gasteiger partial charge in [0.2, 0.25) is 5.91 Å². The minimum atomic E-state index is -0.882. The van der Waals surface area contributed by atoms with Crippen molar-refractivity contribution in [3.8, 4) is 0 Å². The Morgan fingerprint density at radius 1 is 1.30 bits per heavy atom. The first kappa shape index (κ1) is 14.9. The van der Waals surface area contributed by atoms with Gasteiger partial charge < -0.3 is 10.0 Å². The molecule has 1 heterocycles. The van der Waals surface area contributed by atoms with Crippen LogP contribution in [-0.4, -0.2) is 40.2 Å². The fourth-order valence-electron chi connectivity index (χ4n) is 2.39. The molecule has 4 nitrogen and oxygen atoms in total. The minimum Gasteiger partial charge on any atom is -0.480 e. The number of carbonyl (C=O) groups excluding carboxylic acids is 1. The summed E-state index contributed by atoms with van der Waals surface area (Å²) in [6.45, 7) is 0.582. The summed E-state index contributed by atoms with van der Waals surface area (Å²) in [7, 11) is 0. The van der Waals surface area contributed by atoms with Crippen LogP contribution in [0.4, 0.5) is 0 Å². The second-order valence-electron chi connectivity index (χ2n) is 4.87. The Morgan fingerprint density at radius 2 is 2.05 bits per heavy atom. The van der Waals surface area contributed by atoms with Crippen LogP contribution in [0.1, 0.15) is 24.8 Å². The maximum atomic E-state index is 12.0. The molecule has 1 atom stereocenters. The Balaban J connectivity index is 1.71. The van der Waals surface area contributed by atoms with E-state index in [1.54, 1.807) is 11.8 Å². The van der Waals surface area contributed by atoms with E-state index in [2.05, 4.69) is 12.1 Å². The Hall–Kier alpha value is -1.49. The zero-order valence-corrected chi connectivity index (χ0v) is 12.1. The number of thioether (sulfide) groups is 1. The van der Waals surface area contributed by atoms with E-state index >= 15 is 0 Å². The van der Waals surface area contributed by atoms with Gasteiger partial charge in [-0.05, 0) is 18.4 Å². The quantitative estimate of drug-likeness (QED) is 0.818. The Bertz CT molecular complexity index is 463. The topological polar surface area (TPSA) is 57.6 Å². The van der Waals surface area contributed by atoms with Gasteiger partial charge in [0, 0.05) is 24.5 Å². The number of carboxylic acids is 1. The zero-order chi connectivity index (χ0) is 14.4. The fourth-order valence-corrected chi connectivity index (χ4v) is 3.28. The summed E-state index contributed by atoms with van der Waals surface area (Å²) in [5, 5.41) is 9.05. The van der Waals surface area contributed by atoms with E-state index in [4.69, 9.17) is 5.11 Å². The second kappa shape index (κ2) is 7.33. The molecule has 2 rings (SSSR count). The molecule has 1 amide bonds. The molecule has 0 aliphatic carbocycles. The lowest BCUT2D eigenvalue weighted by Crippen LogP contribution is -2.40. The number of amides is 1. The maximum Gasteiger partial charge on any atom is 0.326 e. The molecule has 1 fully saturated rings. The summed E-state index contributed by atoms with van der Waals surface area (Å²) in [5.74, 6) is 0.704. The number of hydrogen-bond acceptors (Lipinski definition) is 3. The van der Waals surface area contributed by atoms with Crippen molar-refractivity contribution in [2.45, 2.75) is 31.1 Å². The highest BCUT2D eigenvalue weighted by Gasteiger charge is 2.33. The van der Waals surface area contributed by atoms with Crippen LogP contribution in [0, 0.1) is 0 Å². The number of rotatable bonds is 6. The third-order valence-corrected chi connectivity index (χ3v) is 4.46. The summed E-state index contributed by atoms with van der Waals surface area (Å²) in [5.41, 5.74) is 1.24. The van der Waals surface area contributed by atoms with Crippen LogP contribution in [0.3, 0.4) is 0 Å². The number of likely N-dealkylation sites (tertiary alicyclic amines) is 1. The fraction of sp³-hybridized carbons (Fsp3) is 0.467. The number of carbonyl (C=O) groups is 2. The molecule has 1 saturated heterocycles. The first-order chi connectivity index (χ1) is 9.68. The number of carboxylic acid groups (broad SMARTS) is 1. The van der Waals surface area contributed by atoms with Gasteiger partial charge in [-0.25, -0.2) is 4.79 Å². The third kappa shape index (κ3) is 4.00. The van der Waals surface area contributed by atoms with E-state index in [-0.39, 0.29) is 5.91 Å². The largest absolute Gasteiger partial charge is 0.480 e. The Morgan fingerprint density at radius 3 is 2.75 bits per heavy atom. The first-order valence-electron chi connectivity index (χ1n) is 6.82. The van der Waals surface area contributed by atoms with Crippen molar-refractivity contribution in [3.63, 3.8) is 0 Å². The maximum absolute atomic E-state index is 12.0. The van der Waals surface area contributed by atoms with Crippen molar-refractivity contribution in [2.24, 2.45) is 0 Å². The number of benzene rings is 1. The van der Waals surface area contributed by atoms with Crippen LogP contribution in [-0.2, 0) is 15.3 Å². The highest BCUT2D eigenvalue weighted by Crippen LogP contribution is 2.20. The lowest BCUT2D eigenvalue weighted by atomic mass is 10.2. The highest BCUT2D eigenvalue weighted by atomic mass is 32.2. The summed E-state index contributed by atoms with van der Waals surface area (Å²) < 4.78 is 0. The van der Waals surface area contributed by atoms with Gasteiger partial charge in [0.15, 0.2) is 0 Å². The van der Waals surface area contributed by atoms with Crippen molar-refractivity contribution < 1.29 is 14.7 Å². The monoisotopic (exact) mass is 293 g/mol. The van der Waals surface area contributed by atoms with Gasteiger partial charge in [0.05, 0.1) is 0 Å². The molecular formula is C15H19NO3S. The van der Waals surface area contributed by atoms with Crippen LogP contribution >= 0.6 is 11.8 Å². The van der Waals surface area contributed by atoms with Crippen molar-refractivity contribution in [3.05, 3.63) is 35.9 Å². The normalized spacial score (nSPS) is 18.2. The predicted octanol–water partition coefficient (Wildman–Crippen LogP) is 2.39. The molecule has 20 heavy (non-hydrogen) atoms. The Labute approximate surface area is 123 Å². The van der Waals surface area contributed by atoms with E-state index < -0.39 is 12.0 Å². The number of nitrogens with zero attached hydrogens (tertiary/aromatic N) is 1. The van der Waals surface area contributed by atoms with Crippen LogP contribution in [0.15, 0.2) is 30.3 Å². The van der Waals surface area contributed by atoms with Crippen molar-refractivity contribution in [1.29, 1.82) is 0 Å². The second-order valence-corrected chi connectivity index (χ2v) is 5.98. The summed E-state index contributed by atoms with van der Waals surface area (Å²) in [6.07, 6.45) is 1.79. The molecule has 0 unspecified atom stereocenters. The van der Waals surface area contributed by atoms with Crippen LogP contribution in [0.5, 0.6) is 0 Å². The molecule has 0 radical (unpaired) electrons. The molecule has 1 aromatic rings. The molecule has 1 aliphatic heterocycles. The highest BCUT2D eigenvalue weighted by molar-refractivity contribution is 7.98. The summed E-state index contributed by atoms with van der Waals surface area (Å²) >= 11 is 1.71. The Kier molecular flexibility index (Phi) is 5.47. The molecule has 0 spiro atoms. The molecule has 0 aromatic heterocycles. The van der Waals surface area contributed by atoms with Gasteiger partial charge >= 0.3 is 5.97 Å². The van der Waals surface area contributed by atoms with E-state index in [1.807, 2.05) is 18.2 Å². The van der Waals surface area contributed by atoms with Gasteiger partial charge in [0.1, 0.15) is 6.04 Å². The van der Waals surface area contributed by atoms with Gasteiger partial charge in [-0.2, -0.15) is 11.8 Å². The van der Waals surface area contributed by atoms with E-state index in [0.29, 0.717) is 19.4 Å². The predicted molar refractivity (Wildman–Crippen MR) is 79.6 cm³/mol. The molecule has 1 aliphatic rings. The molecule has 0 saturated carbocycles. The molecule has 108 valence electrons. The van der Waals surface area contributed by atoms with Gasteiger partial charge in [-0.15, -0.1) is 0 Å². The smallest absolute Gasteiger partial charge is 0.326 e. The molecule has 5 heteroatoms. The molecule has 1 aromatic carbocycles. The SMILES string of the molecule is O=C(O)[C@@H]1CCCN1C(=O)CCSCc1ccccc1. The van der Waals surface area contributed by atoms with Crippen LogP contribution in [0.2, 0.25) is 0 Å². The molecular weight excluding hydrogens is 274 g/mol. The summed E-state index contributed by atoms with van der Waals surface area (Å²) in [6, 6.07) is 9.51. The average Bonchev–Trinajstić information content (AvgIpc) is 2.94. The molecule has 0 bridgehead atoms. The lowest BCUT2D eigenvalue weighted by Gasteiger charge is -2.21. The average molecular weight is 293 g/mol. The van der Waals surface area contributed by atoms with E-state index in [1.165, 1.54) is 10.5 Å². The third-order valence-electron chi connectivity index (χ3n) is 3.43. The van der Waals surface area contributed by atoms with Crippen molar-refractivity contribution in [2.75, 3.05) is 12.3 Å². The van der Waals surface area contributed by atoms with Crippen LogP contribution in [0.25, 0.3) is 0 Å². The summed E-state index contributed by atoms with van der Waals surface area (Å²) in [4.78, 5) is 24.6. The van der Waals surface area contributed by atoms with Gasteiger partial charge in [0.25, 0.3) is 0 Å². The number of hydrogen-bond donors (Lipinski definition) is 1. The zero-order valence-electron chi connectivity index (χ0n) is 11.3. The van der Waals surface area contributed by atoms with Crippen molar-refractivity contribution in [1.82, 2.24) is 4.90 Å². The van der Waals surface area contributed by atoms with Gasteiger partial charge in [-0.1, -0.05) is 30.3 Å². The van der Waals surface area contributed by atoms with E-state index in [9.17, 15) is 9.59 Å². The molecule has 1 N–H and O–H groups in total. The number of aliphatic carboxylic acids is 1. The standard InChI is InChI=1S/C15H19NO3S/c17-14(16-9-4-7-13(16)15(18)19)8-10-20-11-12-5-2-1-3-6-12/h1-3,5-6,13H,4,7-11H2,(H,18,19)/t13-/m0/s1. The minimum absolute atomic E-state index is 0.0320. The van der Waals surface area contributed by atoms with Crippen LogP contribution < -0.4 is 0 Å². The first-order valence-corrected chi connectivity index (χ1v) is 7.98. The lowest BCUT2D eigenvalue weighted by molar-refractivity contribution is -0.148.